The Balaban J connectivity index is 1.76. The van der Waals surface area contributed by atoms with Crippen LogP contribution in [0.2, 0.25) is 0 Å². The first-order valence-electron chi connectivity index (χ1n) is 7.95. The van der Waals surface area contributed by atoms with E-state index in [0.29, 0.717) is 5.41 Å². The van der Waals surface area contributed by atoms with E-state index in [9.17, 15) is 0 Å². The first kappa shape index (κ1) is 13.4. The first-order valence-corrected chi connectivity index (χ1v) is 7.95. The Morgan fingerprint density at radius 1 is 1.06 bits per heavy atom. The van der Waals surface area contributed by atoms with Crippen LogP contribution in [0, 0.1) is 17.3 Å². The second-order valence-corrected chi connectivity index (χ2v) is 6.75. The summed E-state index contributed by atoms with van der Waals surface area (Å²) < 4.78 is 0. The van der Waals surface area contributed by atoms with E-state index in [-0.39, 0.29) is 0 Å². The number of nitrogens with one attached hydrogen (secondary N) is 1. The fraction of sp³-hybridized carbons (Fsp3) is 1.00. The molecule has 1 N–H and O–H groups in total. The van der Waals surface area contributed by atoms with Gasteiger partial charge in [0.1, 0.15) is 0 Å². The van der Waals surface area contributed by atoms with Gasteiger partial charge in [0.2, 0.25) is 0 Å². The lowest BCUT2D eigenvalue weighted by atomic mass is 9.76. The molecule has 2 rings (SSSR count). The summed E-state index contributed by atoms with van der Waals surface area (Å²) in [6.45, 7) is 7.15. The minimum atomic E-state index is 0.605. The van der Waals surface area contributed by atoms with Crippen LogP contribution in [0.4, 0.5) is 0 Å². The van der Waals surface area contributed by atoms with Gasteiger partial charge in [0.25, 0.3) is 0 Å². The predicted octanol–water partition coefficient (Wildman–Crippen LogP) is 4.37. The van der Waals surface area contributed by atoms with E-state index in [0.717, 1.165) is 18.4 Å². The Kier molecular flexibility index (Phi) is 4.90. The molecule has 0 aromatic heterocycles. The molecule has 0 aromatic carbocycles. The van der Waals surface area contributed by atoms with Gasteiger partial charge in [-0.3, -0.25) is 0 Å². The van der Waals surface area contributed by atoms with E-state index in [1.165, 1.54) is 64.3 Å². The van der Waals surface area contributed by atoms with Crippen LogP contribution in [-0.4, -0.2) is 13.1 Å². The van der Waals surface area contributed by atoms with Gasteiger partial charge in [-0.05, 0) is 49.5 Å². The molecule has 1 nitrogen and oxygen atoms in total. The second-order valence-electron chi connectivity index (χ2n) is 6.75. The van der Waals surface area contributed by atoms with Gasteiger partial charge in [-0.2, -0.15) is 0 Å². The quantitative estimate of drug-likeness (QED) is 0.693. The van der Waals surface area contributed by atoms with Gasteiger partial charge in [0.05, 0.1) is 0 Å². The summed E-state index contributed by atoms with van der Waals surface area (Å²) in [6, 6.07) is 0. The molecule has 100 valence electrons. The summed E-state index contributed by atoms with van der Waals surface area (Å²) >= 11 is 0. The highest BCUT2D eigenvalue weighted by atomic mass is 14.9. The Bertz CT molecular complexity index is 216. The molecule has 0 aliphatic heterocycles. The first-order chi connectivity index (χ1) is 8.24. The third kappa shape index (κ3) is 3.98. The molecule has 2 aliphatic carbocycles. The lowest BCUT2D eigenvalue weighted by Crippen LogP contribution is -2.34. The summed E-state index contributed by atoms with van der Waals surface area (Å²) in [7, 11) is 0. The number of hydrogen-bond donors (Lipinski definition) is 1. The van der Waals surface area contributed by atoms with E-state index in [1.54, 1.807) is 0 Å². The molecule has 17 heavy (non-hydrogen) atoms. The zero-order chi connectivity index (χ0) is 12.1. The zero-order valence-corrected chi connectivity index (χ0v) is 11.9. The third-order valence-electron chi connectivity index (χ3n) is 5.19. The van der Waals surface area contributed by atoms with Gasteiger partial charge in [-0.25, -0.2) is 0 Å². The van der Waals surface area contributed by atoms with Crippen molar-refractivity contribution >= 4 is 0 Å². The van der Waals surface area contributed by atoms with Gasteiger partial charge >= 0.3 is 0 Å². The van der Waals surface area contributed by atoms with Crippen LogP contribution < -0.4 is 5.32 Å². The molecular weight excluding hydrogens is 206 g/mol. The van der Waals surface area contributed by atoms with Crippen LogP contribution in [0.5, 0.6) is 0 Å². The van der Waals surface area contributed by atoms with Crippen molar-refractivity contribution in [3.05, 3.63) is 0 Å². The van der Waals surface area contributed by atoms with Crippen molar-refractivity contribution < 1.29 is 0 Å². The highest BCUT2D eigenvalue weighted by Gasteiger charge is 2.40. The molecule has 2 aliphatic rings. The Morgan fingerprint density at radius 2 is 1.76 bits per heavy atom. The summed E-state index contributed by atoms with van der Waals surface area (Å²) in [6.07, 6.45) is 13.5. The van der Waals surface area contributed by atoms with Crippen molar-refractivity contribution in [1.82, 2.24) is 5.32 Å². The molecule has 0 saturated heterocycles. The van der Waals surface area contributed by atoms with E-state index >= 15 is 0 Å². The van der Waals surface area contributed by atoms with Crippen molar-refractivity contribution in [2.24, 2.45) is 17.3 Å². The minimum Gasteiger partial charge on any atom is -0.316 e. The molecular formula is C16H31N. The average Bonchev–Trinajstić information content (AvgIpc) is 3.20. The maximum atomic E-state index is 3.60. The maximum absolute atomic E-state index is 3.60. The van der Waals surface area contributed by atoms with Crippen LogP contribution in [0.1, 0.15) is 71.6 Å². The fourth-order valence-corrected chi connectivity index (χ4v) is 3.64. The van der Waals surface area contributed by atoms with Crippen LogP contribution >= 0.6 is 0 Å². The van der Waals surface area contributed by atoms with Crippen molar-refractivity contribution in [1.29, 1.82) is 0 Å². The smallest absolute Gasteiger partial charge is 0.000770 e. The number of hydrogen-bond acceptors (Lipinski definition) is 1. The Labute approximate surface area is 108 Å². The molecule has 2 fully saturated rings. The van der Waals surface area contributed by atoms with E-state index in [2.05, 4.69) is 19.2 Å². The Hall–Kier alpha value is -0.0400. The predicted molar refractivity (Wildman–Crippen MR) is 75.2 cm³/mol. The van der Waals surface area contributed by atoms with Gasteiger partial charge < -0.3 is 5.32 Å². The van der Waals surface area contributed by atoms with Gasteiger partial charge in [-0.1, -0.05) is 46.0 Å². The van der Waals surface area contributed by atoms with Crippen molar-refractivity contribution in [2.75, 3.05) is 13.1 Å². The largest absolute Gasteiger partial charge is 0.316 e. The van der Waals surface area contributed by atoms with E-state index in [4.69, 9.17) is 0 Å². The summed E-state index contributed by atoms with van der Waals surface area (Å²) in [5.41, 5.74) is 0.605. The van der Waals surface area contributed by atoms with Crippen LogP contribution in [0.3, 0.4) is 0 Å². The second kappa shape index (κ2) is 6.22. The molecule has 0 amide bonds. The summed E-state index contributed by atoms with van der Waals surface area (Å²) in [5.74, 6) is 2.09. The van der Waals surface area contributed by atoms with Crippen LogP contribution in [0.25, 0.3) is 0 Å². The number of rotatable bonds is 7. The molecule has 0 spiro atoms. The Morgan fingerprint density at radius 3 is 2.35 bits per heavy atom. The molecule has 1 unspecified atom stereocenters. The van der Waals surface area contributed by atoms with E-state index < -0.39 is 0 Å². The zero-order valence-electron chi connectivity index (χ0n) is 11.9. The van der Waals surface area contributed by atoms with Crippen molar-refractivity contribution in [2.45, 2.75) is 71.6 Å². The molecule has 1 heteroatoms. The van der Waals surface area contributed by atoms with Gasteiger partial charge in [0.15, 0.2) is 0 Å². The molecule has 0 heterocycles. The molecule has 0 bridgehead atoms. The van der Waals surface area contributed by atoms with Crippen LogP contribution in [0.15, 0.2) is 0 Å². The van der Waals surface area contributed by atoms with Crippen molar-refractivity contribution in [3.8, 4) is 0 Å². The topological polar surface area (TPSA) is 12.0 Å². The highest BCUT2D eigenvalue weighted by molar-refractivity contribution is 4.92. The van der Waals surface area contributed by atoms with E-state index in [1.807, 2.05) is 0 Å². The molecule has 0 radical (unpaired) electrons. The fourth-order valence-electron chi connectivity index (χ4n) is 3.64. The van der Waals surface area contributed by atoms with Gasteiger partial charge in [-0.15, -0.1) is 0 Å². The molecule has 2 saturated carbocycles. The summed E-state index contributed by atoms with van der Waals surface area (Å²) in [5, 5.41) is 3.60. The van der Waals surface area contributed by atoms with Gasteiger partial charge in [0, 0.05) is 6.54 Å². The lowest BCUT2D eigenvalue weighted by molar-refractivity contribution is 0.201. The standard InChI is InChI=1S/C16H31N/c1-3-17-13-16(2,15-9-10-15)12-11-14-7-5-4-6-8-14/h14-15,17H,3-13H2,1-2H3. The van der Waals surface area contributed by atoms with Crippen LogP contribution in [-0.2, 0) is 0 Å². The normalized spacial score (nSPS) is 25.8. The SMILES string of the molecule is CCNCC(C)(CCC1CCCCC1)C1CC1. The molecule has 1 atom stereocenters. The van der Waals surface area contributed by atoms with Crippen molar-refractivity contribution in [3.63, 3.8) is 0 Å². The maximum Gasteiger partial charge on any atom is 0.000770 e. The minimum absolute atomic E-state index is 0.605. The summed E-state index contributed by atoms with van der Waals surface area (Å²) in [4.78, 5) is 0. The average molecular weight is 237 g/mol. The molecule has 0 aromatic rings. The lowest BCUT2D eigenvalue weighted by Gasteiger charge is -2.33. The highest BCUT2D eigenvalue weighted by Crippen LogP contribution is 2.48. The monoisotopic (exact) mass is 237 g/mol. The third-order valence-corrected chi connectivity index (χ3v) is 5.19.